The zero-order chi connectivity index (χ0) is 11.1. The highest BCUT2D eigenvalue weighted by Gasteiger charge is 2.02. The van der Waals surface area contributed by atoms with Crippen LogP contribution in [-0.2, 0) is 11.3 Å². The predicted molar refractivity (Wildman–Crippen MR) is 61.5 cm³/mol. The Morgan fingerprint density at radius 2 is 2.27 bits per heavy atom. The van der Waals surface area contributed by atoms with Crippen molar-refractivity contribution in [1.29, 1.82) is 0 Å². The first-order valence-corrected chi connectivity index (χ1v) is 5.86. The number of hydrogen-bond acceptors (Lipinski definition) is 3. The summed E-state index contributed by atoms with van der Waals surface area (Å²) in [5.41, 5.74) is 6.42. The monoisotopic (exact) mass is 229 g/mol. The maximum Gasteiger partial charge on any atom is 0.123 e. The summed E-state index contributed by atoms with van der Waals surface area (Å²) in [6.07, 6.45) is 0.989. The number of hydrogen-bond donors (Lipinski definition) is 1. The molecule has 2 N–H and O–H groups in total. The van der Waals surface area contributed by atoms with E-state index in [1.54, 1.807) is 24.9 Å². The van der Waals surface area contributed by atoms with E-state index >= 15 is 0 Å². The molecule has 0 spiro atoms. The molecule has 0 aliphatic heterocycles. The Morgan fingerprint density at radius 3 is 2.93 bits per heavy atom. The average Bonchev–Trinajstić information content (AvgIpc) is 2.26. The highest BCUT2D eigenvalue weighted by Crippen LogP contribution is 2.23. The van der Waals surface area contributed by atoms with Crippen LogP contribution in [0.3, 0.4) is 0 Å². The smallest absolute Gasteiger partial charge is 0.123 e. The Hall–Kier alpha value is -0.580. The predicted octanol–water partition coefficient (Wildman–Crippen LogP) is 2.41. The normalized spacial score (nSPS) is 10.6. The number of benzene rings is 1. The van der Waals surface area contributed by atoms with Crippen LogP contribution in [0.5, 0.6) is 0 Å². The molecule has 0 aliphatic carbocycles. The van der Waals surface area contributed by atoms with Crippen LogP contribution in [0.25, 0.3) is 0 Å². The molecule has 0 aliphatic rings. The van der Waals surface area contributed by atoms with Gasteiger partial charge >= 0.3 is 0 Å². The number of ether oxygens (including phenoxy) is 1. The van der Waals surface area contributed by atoms with Crippen molar-refractivity contribution in [3.8, 4) is 0 Å². The number of thioether (sulfide) groups is 1. The van der Waals surface area contributed by atoms with Crippen molar-refractivity contribution in [3.05, 3.63) is 29.6 Å². The topological polar surface area (TPSA) is 35.2 Å². The van der Waals surface area contributed by atoms with E-state index in [0.29, 0.717) is 6.54 Å². The summed E-state index contributed by atoms with van der Waals surface area (Å²) >= 11 is 1.69. The highest BCUT2D eigenvalue weighted by atomic mass is 32.2. The van der Waals surface area contributed by atoms with Crippen LogP contribution in [0.15, 0.2) is 23.1 Å². The maximum absolute atomic E-state index is 12.9. The quantitative estimate of drug-likeness (QED) is 0.601. The third-order valence-electron chi connectivity index (χ3n) is 1.99. The van der Waals surface area contributed by atoms with Gasteiger partial charge in [0.25, 0.3) is 0 Å². The molecule has 84 valence electrons. The molecule has 1 aromatic rings. The van der Waals surface area contributed by atoms with E-state index in [1.165, 1.54) is 12.1 Å². The van der Waals surface area contributed by atoms with E-state index in [-0.39, 0.29) is 5.82 Å². The molecule has 1 rings (SSSR count). The van der Waals surface area contributed by atoms with Crippen molar-refractivity contribution in [2.45, 2.75) is 17.9 Å². The molecular formula is C11H16FNOS. The molecule has 15 heavy (non-hydrogen) atoms. The molecule has 0 fully saturated rings. The molecule has 4 heteroatoms. The zero-order valence-corrected chi connectivity index (χ0v) is 9.65. The lowest BCUT2D eigenvalue weighted by Crippen LogP contribution is -2.00. The molecule has 0 radical (unpaired) electrons. The van der Waals surface area contributed by atoms with Gasteiger partial charge in [-0.15, -0.1) is 11.8 Å². The van der Waals surface area contributed by atoms with Crippen molar-refractivity contribution >= 4 is 11.8 Å². The van der Waals surface area contributed by atoms with Gasteiger partial charge in [0.05, 0.1) is 0 Å². The molecule has 0 unspecified atom stereocenters. The molecule has 1 aromatic carbocycles. The second-order valence-corrected chi connectivity index (χ2v) is 4.29. The summed E-state index contributed by atoms with van der Waals surface area (Å²) in [6.45, 7) is 1.14. The lowest BCUT2D eigenvalue weighted by atomic mass is 10.2. The van der Waals surface area contributed by atoms with Gasteiger partial charge in [-0.1, -0.05) is 0 Å². The summed E-state index contributed by atoms with van der Waals surface area (Å²) in [7, 11) is 1.69. The molecule has 0 bridgehead atoms. The summed E-state index contributed by atoms with van der Waals surface area (Å²) in [4.78, 5) is 1.06. The fourth-order valence-corrected chi connectivity index (χ4v) is 2.21. The Bertz CT molecular complexity index is 307. The third kappa shape index (κ3) is 4.20. The molecule has 2 nitrogen and oxygen atoms in total. The van der Waals surface area contributed by atoms with Crippen LogP contribution in [0.4, 0.5) is 4.39 Å². The van der Waals surface area contributed by atoms with Crippen molar-refractivity contribution in [1.82, 2.24) is 0 Å². The Labute approximate surface area is 94.0 Å². The number of halogens is 1. The molecule has 0 amide bonds. The minimum atomic E-state index is -0.225. The molecule has 0 heterocycles. The van der Waals surface area contributed by atoms with E-state index in [0.717, 1.165) is 29.2 Å². The summed E-state index contributed by atoms with van der Waals surface area (Å²) < 4.78 is 17.8. The maximum atomic E-state index is 12.9. The standard InChI is InChI=1S/C11H16FNOS/c1-14-5-2-6-15-11-4-3-10(12)7-9(11)8-13/h3-4,7H,2,5-6,8,13H2,1H3. The molecule has 0 atom stereocenters. The average molecular weight is 229 g/mol. The lowest BCUT2D eigenvalue weighted by molar-refractivity contribution is 0.200. The van der Waals surface area contributed by atoms with E-state index in [9.17, 15) is 4.39 Å². The third-order valence-corrected chi connectivity index (χ3v) is 3.19. The van der Waals surface area contributed by atoms with Gasteiger partial charge in [-0.2, -0.15) is 0 Å². The number of rotatable bonds is 6. The zero-order valence-electron chi connectivity index (χ0n) is 8.83. The van der Waals surface area contributed by atoms with E-state index < -0.39 is 0 Å². The molecular weight excluding hydrogens is 213 g/mol. The van der Waals surface area contributed by atoms with Crippen LogP contribution < -0.4 is 5.73 Å². The minimum absolute atomic E-state index is 0.225. The lowest BCUT2D eigenvalue weighted by Gasteiger charge is -2.07. The van der Waals surface area contributed by atoms with Crippen molar-refractivity contribution < 1.29 is 9.13 Å². The summed E-state index contributed by atoms with van der Waals surface area (Å²) in [5.74, 6) is 0.739. The fourth-order valence-electron chi connectivity index (χ4n) is 1.23. The fraction of sp³-hybridized carbons (Fsp3) is 0.455. The van der Waals surface area contributed by atoms with Gasteiger partial charge < -0.3 is 10.5 Å². The second kappa shape index (κ2) is 6.82. The van der Waals surface area contributed by atoms with Gasteiger partial charge in [0, 0.05) is 30.9 Å². The highest BCUT2D eigenvalue weighted by molar-refractivity contribution is 7.99. The van der Waals surface area contributed by atoms with Gasteiger partial charge in [-0.05, 0) is 30.2 Å². The largest absolute Gasteiger partial charge is 0.385 e. The van der Waals surface area contributed by atoms with Crippen LogP contribution >= 0.6 is 11.8 Å². The molecule has 0 aromatic heterocycles. The molecule has 0 saturated heterocycles. The first-order chi connectivity index (χ1) is 7.27. The summed E-state index contributed by atoms with van der Waals surface area (Å²) in [6, 6.07) is 4.76. The van der Waals surface area contributed by atoms with E-state index in [4.69, 9.17) is 10.5 Å². The van der Waals surface area contributed by atoms with Crippen LogP contribution in [0.2, 0.25) is 0 Å². The number of methoxy groups -OCH3 is 1. The van der Waals surface area contributed by atoms with Gasteiger partial charge in [-0.25, -0.2) is 4.39 Å². The van der Waals surface area contributed by atoms with Crippen molar-refractivity contribution in [2.75, 3.05) is 19.5 Å². The van der Waals surface area contributed by atoms with E-state index in [2.05, 4.69) is 0 Å². The summed E-state index contributed by atoms with van der Waals surface area (Å²) in [5, 5.41) is 0. The van der Waals surface area contributed by atoms with Gasteiger partial charge in [0.2, 0.25) is 0 Å². The minimum Gasteiger partial charge on any atom is -0.385 e. The van der Waals surface area contributed by atoms with Gasteiger partial charge in [0.1, 0.15) is 5.82 Å². The van der Waals surface area contributed by atoms with E-state index in [1.807, 2.05) is 0 Å². The first kappa shape index (κ1) is 12.5. The SMILES string of the molecule is COCCCSc1ccc(F)cc1CN. The van der Waals surface area contributed by atoms with Gasteiger partial charge in [-0.3, -0.25) is 0 Å². The van der Waals surface area contributed by atoms with Crippen LogP contribution in [0, 0.1) is 5.82 Å². The number of nitrogens with two attached hydrogens (primary N) is 1. The van der Waals surface area contributed by atoms with Gasteiger partial charge in [0.15, 0.2) is 0 Å². The van der Waals surface area contributed by atoms with Crippen molar-refractivity contribution in [3.63, 3.8) is 0 Å². The Kier molecular flexibility index (Phi) is 5.68. The Morgan fingerprint density at radius 1 is 1.47 bits per heavy atom. The molecule has 0 saturated carbocycles. The Balaban J connectivity index is 2.52. The van der Waals surface area contributed by atoms with Crippen molar-refractivity contribution in [2.24, 2.45) is 5.73 Å². The first-order valence-electron chi connectivity index (χ1n) is 4.88. The van der Waals surface area contributed by atoms with Crippen LogP contribution in [0.1, 0.15) is 12.0 Å². The second-order valence-electron chi connectivity index (χ2n) is 3.15. The van der Waals surface area contributed by atoms with Crippen LogP contribution in [-0.4, -0.2) is 19.5 Å².